The molecule has 0 saturated carbocycles. The molecule has 2 atom stereocenters. The minimum Gasteiger partial charge on any atom is -0.481 e. The number of rotatable bonds is 8. The number of aryl methyl sites for hydroxylation is 1. The minimum atomic E-state index is -3.57. The zero-order chi connectivity index (χ0) is 20.0. The maximum absolute atomic E-state index is 12.3. The molecule has 146 valence electrons. The van der Waals surface area contributed by atoms with E-state index in [-0.39, 0.29) is 16.8 Å². The summed E-state index contributed by atoms with van der Waals surface area (Å²) in [6.45, 7) is 7.32. The van der Waals surface area contributed by atoms with E-state index in [2.05, 4.69) is 10.0 Å². The van der Waals surface area contributed by atoms with Gasteiger partial charge in [0.25, 0.3) is 5.91 Å². The van der Waals surface area contributed by atoms with E-state index in [1.165, 1.54) is 12.1 Å². The number of nitrogens with one attached hydrogen (secondary N) is 2. The summed E-state index contributed by atoms with van der Waals surface area (Å²) in [5.74, 6) is 0.306. The quantitative estimate of drug-likeness (QED) is 0.723. The fraction of sp³-hybridized carbons (Fsp3) is 0.350. The van der Waals surface area contributed by atoms with E-state index >= 15 is 0 Å². The summed E-state index contributed by atoms with van der Waals surface area (Å²) in [7, 11) is -3.57. The predicted octanol–water partition coefficient (Wildman–Crippen LogP) is 3.48. The van der Waals surface area contributed by atoms with Crippen molar-refractivity contribution in [2.45, 2.75) is 51.2 Å². The van der Waals surface area contributed by atoms with Crippen LogP contribution in [0.2, 0.25) is 0 Å². The van der Waals surface area contributed by atoms with E-state index in [9.17, 15) is 13.2 Å². The Morgan fingerprint density at radius 3 is 2.37 bits per heavy atom. The van der Waals surface area contributed by atoms with Gasteiger partial charge in [0.05, 0.1) is 4.90 Å². The Hall–Kier alpha value is -2.38. The van der Waals surface area contributed by atoms with Crippen molar-refractivity contribution in [1.29, 1.82) is 0 Å². The Morgan fingerprint density at radius 2 is 1.78 bits per heavy atom. The van der Waals surface area contributed by atoms with Crippen LogP contribution in [0.25, 0.3) is 0 Å². The van der Waals surface area contributed by atoms with E-state index in [1.54, 1.807) is 25.1 Å². The molecule has 0 fully saturated rings. The lowest BCUT2D eigenvalue weighted by molar-refractivity contribution is -0.122. The maximum Gasteiger partial charge on any atom is 0.265 e. The highest BCUT2D eigenvalue weighted by atomic mass is 32.2. The molecule has 0 aliphatic carbocycles. The van der Waals surface area contributed by atoms with Gasteiger partial charge in [0.15, 0.2) is 6.10 Å². The number of anilines is 1. The molecular formula is C20H26N2O4S. The zero-order valence-corrected chi connectivity index (χ0v) is 16.8. The van der Waals surface area contributed by atoms with Crippen molar-refractivity contribution < 1.29 is 17.9 Å². The summed E-state index contributed by atoms with van der Waals surface area (Å²) in [6.07, 6.45) is 0.00826. The molecule has 2 rings (SSSR count). The third-order valence-corrected chi connectivity index (χ3v) is 5.68. The summed E-state index contributed by atoms with van der Waals surface area (Å²) < 4.78 is 32.8. The highest BCUT2D eigenvalue weighted by Gasteiger charge is 2.18. The number of carbonyl (C=O) groups is 1. The van der Waals surface area contributed by atoms with Crippen molar-refractivity contribution in [2.24, 2.45) is 0 Å². The van der Waals surface area contributed by atoms with Crippen LogP contribution in [0.4, 0.5) is 5.69 Å². The average molecular weight is 391 g/mol. The van der Waals surface area contributed by atoms with Crippen LogP contribution in [0.3, 0.4) is 0 Å². The number of sulfonamides is 1. The minimum absolute atomic E-state index is 0.144. The van der Waals surface area contributed by atoms with E-state index in [4.69, 9.17) is 4.74 Å². The molecule has 0 bridgehead atoms. The fourth-order valence-corrected chi connectivity index (χ4v) is 3.65. The van der Waals surface area contributed by atoms with E-state index in [1.807, 2.05) is 39.0 Å². The first-order chi connectivity index (χ1) is 12.7. The third kappa shape index (κ3) is 6.08. The monoisotopic (exact) mass is 390 g/mol. The molecule has 27 heavy (non-hydrogen) atoms. The van der Waals surface area contributed by atoms with Gasteiger partial charge in [0.1, 0.15) is 5.75 Å². The zero-order valence-electron chi connectivity index (χ0n) is 16.0. The van der Waals surface area contributed by atoms with Gasteiger partial charge in [-0.3, -0.25) is 4.79 Å². The predicted molar refractivity (Wildman–Crippen MR) is 106 cm³/mol. The average Bonchev–Trinajstić information content (AvgIpc) is 2.61. The van der Waals surface area contributed by atoms with Crippen LogP contribution in [-0.4, -0.2) is 26.5 Å². The summed E-state index contributed by atoms with van der Waals surface area (Å²) >= 11 is 0. The smallest absolute Gasteiger partial charge is 0.265 e. The molecule has 2 aromatic carbocycles. The first-order valence-electron chi connectivity index (χ1n) is 8.88. The Kier molecular flexibility index (Phi) is 6.98. The van der Waals surface area contributed by atoms with Gasteiger partial charge in [-0.1, -0.05) is 19.1 Å². The number of carbonyl (C=O) groups excluding carboxylic acids is 1. The van der Waals surface area contributed by atoms with Crippen LogP contribution in [0.5, 0.6) is 5.75 Å². The topological polar surface area (TPSA) is 84.5 Å². The van der Waals surface area contributed by atoms with Gasteiger partial charge in [-0.05, 0) is 69.2 Å². The molecule has 1 amide bonds. The molecule has 0 aliphatic rings. The number of hydrogen-bond donors (Lipinski definition) is 2. The van der Waals surface area contributed by atoms with Crippen LogP contribution in [0, 0.1) is 6.92 Å². The van der Waals surface area contributed by atoms with Crippen molar-refractivity contribution in [2.75, 3.05) is 5.32 Å². The molecule has 0 heterocycles. The normalized spacial score (nSPS) is 13.6. The number of hydrogen-bond acceptors (Lipinski definition) is 4. The molecule has 2 aromatic rings. The SMILES string of the molecule is CCC(C)NS(=O)(=O)c1ccc(NC(=O)C(C)Oc2cccc(C)c2)cc1. The molecule has 0 aliphatic heterocycles. The van der Waals surface area contributed by atoms with Gasteiger partial charge in [0.2, 0.25) is 10.0 Å². The standard InChI is InChI=1S/C20H26N2O4S/c1-5-15(3)22-27(24,25)19-11-9-17(10-12-19)21-20(23)16(4)26-18-8-6-7-14(2)13-18/h6-13,15-16,22H,5H2,1-4H3,(H,21,23). The van der Waals surface area contributed by atoms with Gasteiger partial charge < -0.3 is 10.1 Å². The van der Waals surface area contributed by atoms with Gasteiger partial charge in [-0.25, -0.2) is 13.1 Å². The van der Waals surface area contributed by atoms with Crippen LogP contribution in [-0.2, 0) is 14.8 Å². The van der Waals surface area contributed by atoms with Crippen molar-refractivity contribution in [1.82, 2.24) is 4.72 Å². The summed E-state index contributed by atoms with van der Waals surface area (Å²) in [6, 6.07) is 13.4. The first kappa shape index (κ1) is 20.9. The van der Waals surface area contributed by atoms with E-state index < -0.39 is 16.1 Å². The Balaban J connectivity index is 2.00. The number of ether oxygens (including phenoxy) is 1. The molecule has 2 unspecified atom stereocenters. The first-order valence-corrected chi connectivity index (χ1v) is 10.4. The molecule has 2 N–H and O–H groups in total. The molecule has 0 saturated heterocycles. The van der Waals surface area contributed by atoms with Gasteiger partial charge in [-0.15, -0.1) is 0 Å². The summed E-state index contributed by atoms with van der Waals surface area (Å²) in [4.78, 5) is 12.5. The van der Waals surface area contributed by atoms with Crippen molar-refractivity contribution in [3.05, 3.63) is 54.1 Å². The van der Waals surface area contributed by atoms with Crippen molar-refractivity contribution in [3.8, 4) is 5.75 Å². The van der Waals surface area contributed by atoms with Crippen LogP contribution in [0.1, 0.15) is 32.8 Å². The molecular weight excluding hydrogens is 364 g/mol. The van der Waals surface area contributed by atoms with E-state index in [0.29, 0.717) is 17.9 Å². The Morgan fingerprint density at radius 1 is 1.11 bits per heavy atom. The van der Waals surface area contributed by atoms with Crippen molar-refractivity contribution >= 4 is 21.6 Å². The van der Waals surface area contributed by atoms with Crippen LogP contribution in [0.15, 0.2) is 53.4 Å². The van der Waals surface area contributed by atoms with Gasteiger partial charge in [0, 0.05) is 11.7 Å². The second kappa shape index (κ2) is 9.01. The lowest BCUT2D eigenvalue weighted by Crippen LogP contribution is -2.32. The Labute approximate surface area is 161 Å². The number of amides is 1. The van der Waals surface area contributed by atoms with Gasteiger partial charge >= 0.3 is 0 Å². The summed E-state index contributed by atoms with van der Waals surface area (Å²) in [5, 5.41) is 2.73. The molecule has 6 nitrogen and oxygen atoms in total. The van der Waals surface area contributed by atoms with Crippen LogP contribution >= 0.6 is 0 Å². The molecule has 0 radical (unpaired) electrons. The number of benzene rings is 2. The van der Waals surface area contributed by atoms with Crippen LogP contribution < -0.4 is 14.8 Å². The highest BCUT2D eigenvalue weighted by Crippen LogP contribution is 2.17. The largest absolute Gasteiger partial charge is 0.481 e. The highest BCUT2D eigenvalue weighted by molar-refractivity contribution is 7.89. The molecule has 0 spiro atoms. The lowest BCUT2D eigenvalue weighted by atomic mass is 10.2. The second-order valence-electron chi connectivity index (χ2n) is 6.52. The summed E-state index contributed by atoms with van der Waals surface area (Å²) in [5.41, 5.74) is 1.55. The Bertz CT molecular complexity index is 879. The third-order valence-electron chi connectivity index (χ3n) is 4.07. The van der Waals surface area contributed by atoms with Crippen molar-refractivity contribution in [3.63, 3.8) is 0 Å². The molecule has 7 heteroatoms. The maximum atomic E-state index is 12.3. The lowest BCUT2D eigenvalue weighted by Gasteiger charge is -2.15. The fourth-order valence-electron chi connectivity index (χ4n) is 2.32. The van der Waals surface area contributed by atoms with E-state index in [0.717, 1.165) is 5.56 Å². The second-order valence-corrected chi connectivity index (χ2v) is 8.23. The van der Waals surface area contributed by atoms with Gasteiger partial charge in [-0.2, -0.15) is 0 Å². The molecule has 0 aromatic heterocycles.